The molecule has 4 nitrogen and oxygen atoms in total. The summed E-state index contributed by atoms with van der Waals surface area (Å²) in [6.45, 7) is 3.21. The van der Waals surface area contributed by atoms with Crippen molar-refractivity contribution in [3.8, 4) is 0 Å². The number of hydrogen-bond donors (Lipinski definition) is 0. The Morgan fingerprint density at radius 1 is 1.43 bits per heavy atom. The van der Waals surface area contributed by atoms with Gasteiger partial charge in [-0.15, -0.1) is 0 Å². The normalized spacial score (nSPS) is 35.0. The summed E-state index contributed by atoms with van der Waals surface area (Å²) in [4.78, 5) is 11.6. The van der Waals surface area contributed by atoms with Crippen molar-refractivity contribution >= 4 is 5.97 Å². The lowest BCUT2D eigenvalue weighted by atomic mass is 9.94. The molecule has 0 N–H and O–H groups in total. The number of esters is 1. The molecule has 0 aromatic rings. The number of carbonyl (C=O) groups is 1. The highest BCUT2D eigenvalue weighted by molar-refractivity contribution is 5.74. The summed E-state index contributed by atoms with van der Waals surface area (Å²) >= 11 is 0. The third-order valence-electron chi connectivity index (χ3n) is 3.22. The van der Waals surface area contributed by atoms with Crippen molar-refractivity contribution in [1.82, 2.24) is 0 Å². The van der Waals surface area contributed by atoms with Crippen LogP contribution in [0.25, 0.3) is 0 Å². The van der Waals surface area contributed by atoms with E-state index in [9.17, 15) is 4.79 Å². The summed E-state index contributed by atoms with van der Waals surface area (Å²) in [5.41, 5.74) is 0. The van der Waals surface area contributed by atoms with Crippen LogP contribution in [0, 0.1) is 11.8 Å². The van der Waals surface area contributed by atoms with Crippen molar-refractivity contribution in [3.05, 3.63) is 0 Å². The molecule has 1 saturated carbocycles. The molecule has 0 bridgehead atoms. The minimum atomic E-state index is -0.674. The van der Waals surface area contributed by atoms with Crippen molar-refractivity contribution in [2.75, 3.05) is 20.3 Å². The average molecular weight is 200 g/mol. The molecule has 14 heavy (non-hydrogen) atoms. The van der Waals surface area contributed by atoms with E-state index < -0.39 is 5.79 Å². The molecule has 0 amide bonds. The Morgan fingerprint density at radius 3 is 2.64 bits per heavy atom. The molecule has 1 aliphatic carbocycles. The van der Waals surface area contributed by atoms with E-state index in [1.807, 2.05) is 6.92 Å². The monoisotopic (exact) mass is 200 g/mol. The molecule has 80 valence electrons. The van der Waals surface area contributed by atoms with Crippen LogP contribution in [0.5, 0.6) is 0 Å². The van der Waals surface area contributed by atoms with Crippen LogP contribution in [0.15, 0.2) is 0 Å². The summed E-state index contributed by atoms with van der Waals surface area (Å²) in [7, 11) is 1.41. The maximum absolute atomic E-state index is 11.6. The lowest BCUT2D eigenvalue weighted by Gasteiger charge is -2.28. The average Bonchev–Trinajstić information content (AvgIpc) is 2.76. The van der Waals surface area contributed by atoms with Crippen LogP contribution in [-0.2, 0) is 19.0 Å². The molecule has 0 radical (unpaired) electrons. The summed E-state index contributed by atoms with van der Waals surface area (Å²) in [6, 6.07) is 0. The van der Waals surface area contributed by atoms with Crippen LogP contribution in [0.3, 0.4) is 0 Å². The van der Waals surface area contributed by atoms with Crippen molar-refractivity contribution in [1.29, 1.82) is 0 Å². The fraction of sp³-hybridized carbons (Fsp3) is 0.900. The number of rotatable bonds is 1. The number of hydrogen-bond acceptors (Lipinski definition) is 4. The Bertz CT molecular complexity index is 232. The Labute approximate surface area is 83.5 Å². The van der Waals surface area contributed by atoms with E-state index in [-0.39, 0.29) is 17.8 Å². The highest BCUT2D eigenvalue weighted by Gasteiger charge is 2.55. The zero-order valence-electron chi connectivity index (χ0n) is 8.62. The van der Waals surface area contributed by atoms with Crippen molar-refractivity contribution < 1.29 is 19.0 Å². The van der Waals surface area contributed by atoms with Crippen molar-refractivity contribution in [3.63, 3.8) is 0 Å². The van der Waals surface area contributed by atoms with E-state index >= 15 is 0 Å². The van der Waals surface area contributed by atoms with Gasteiger partial charge in [-0.25, -0.2) is 0 Å². The third-order valence-corrected chi connectivity index (χ3v) is 3.22. The summed E-state index contributed by atoms with van der Waals surface area (Å²) in [5, 5.41) is 0. The second-order valence-corrected chi connectivity index (χ2v) is 4.03. The molecular weight excluding hydrogens is 184 g/mol. The van der Waals surface area contributed by atoms with Crippen LogP contribution < -0.4 is 0 Å². The fourth-order valence-corrected chi connectivity index (χ4v) is 2.52. The first kappa shape index (κ1) is 9.93. The second-order valence-electron chi connectivity index (χ2n) is 4.03. The maximum Gasteiger partial charge on any atom is 0.314 e. The van der Waals surface area contributed by atoms with E-state index in [4.69, 9.17) is 14.2 Å². The van der Waals surface area contributed by atoms with Gasteiger partial charge in [-0.05, 0) is 12.3 Å². The van der Waals surface area contributed by atoms with Crippen LogP contribution in [0.4, 0.5) is 0 Å². The Balaban J connectivity index is 2.20. The number of methoxy groups -OCH3 is 1. The first-order valence-corrected chi connectivity index (χ1v) is 5.05. The molecule has 1 spiro atoms. The minimum absolute atomic E-state index is 0.211. The second kappa shape index (κ2) is 3.51. The highest BCUT2D eigenvalue weighted by atomic mass is 16.7. The molecule has 0 aromatic carbocycles. The van der Waals surface area contributed by atoms with Gasteiger partial charge in [0.25, 0.3) is 0 Å². The van der Waals surface area contributed by atoms with Gasteiger partial charge in [0.2, 0.25) is 0 Å². The molecule has 2 atom stereocenters. The number of carbonyl (C=O) groups excluding carboxylic acids is 1. The topological polar surface area (TPSA) is 44.8 Å². The lowest BCUT2D eigenvalue weighted by Crippen LogP contribution is -2.41. The van der Waals surface area contributed by atoms with Crippen molar-refractivity contribution in [2.45, 2.75) is 25.6 Å². The molecule has 0 unspecified atom stereocenters. The van der Waals surface area contributed by atoms with Crippen LogP contribution in [0.2, 0.25) is 0 Å². The van der Waals surface area contributed by atoms with E-state index in [1.54, 1.807) is 0 Å². The molecular formula is C10H16O4. The third kappa shape index (κ3) is 1.33. The van der Waals surface area contributed by atoms with Gasteiger partial charge in [-0.3, -0.25) is 4.79 Å². The van der Waals surface area contributed by atoms with Gasteiger partial charge in [0.05, 0.1) is 20.3 Å². The van der Waals surface area contributed by atoms with Gasteiger partial charge >= 0.3 is 5.97 Å². The summed E-state index contributed by atoms with van der Waals surface area (Å²) in [6.07, 6.45) is 1.76. The summed E-state index contributed by atoms with van der Waals surface area (Å²) < 4.78 is 16.0. The van der Waals surface area contributed by atoms with E-state index in [2.05, 4.69) is 0 Å². The minimum Gasteiger partial charge on any atom is -0.469 e. The van der Waals surface area contributed by atoms with Gasteiger partial charge in [-0.2, -0.15) is 0 Å². The van der Waals surface area contributed by atoms with Crippen LogP contribution >= 0.6 is 0 Å². The van der Waals surface area contributed by atoms with Gasteiger partial charge < -0.3 is 14.2 Å². The van der Waals surface area contributed by atoms with Crippen LogP contribution in [0.1, 0.15) is 19.8 Å². The summed E-state index contributed by atoms with van der Waals surface area (Å²) in [5.74, 6) is -0.862. The quantitative estimate of drug-likeness (QED) is 0.591. The predicted molar refractivity (Wildman–Crippen MR) is 48.5 cm³/mol. The SMILES string of the molecule is COC(=O)[C@@H]1[C@@H](C)CCC12OCCO2. The standard InChI is InChI=1S/C10H16O4/c1-7-3-4-10(13-5-6-14-10)8(7)9(11)12-2/h7-8H,3-6H2,1-2H3/t7-,8-/m0/s1. The Morgan fingerprint density at radius 2 is 2.07 bits per heavy atom. The molecule has 2 fully saturated rings. The Kier molecular flexibility index (Phi) is 2.49. The van der Waals surface area contributed by atoms with E-state index in [1.165, 1.54) is 7.11 Å². The molecule has 0 aromatic heterocycles. The maximum atomic E-state index is 11.6. The molecule has 2 rings (SSSR count). The molecule has 1 heterocycles. The lowest BCUT2D eigenvalue weighted by molar-refractivity contribution is -0.201. The number of ether oxygens (including phenoxy) is 3. The van der Waals surface area contributed by atoms with Crippen molar-refractivity contribution in [2.24, 2.45) is 11.8 Å². The van der Waals surface area contributed by atoms with E-state index in [0.29, 0.717) is 13.2 Å². The van der Waals surface area contributed by atoms with Gasteiger partial charge in [-0.1, -0.05) is 6.92 Å². The molecule has 2 aliphatic rings. The first-order chi connectivity index (χ1) is 6.69. The largest absolute Gasteiger partial charge is 0.469 e. The molecule has 1 aliphatic heterocycles. The fourth-order valence-electron chi connectivity index (χ4n) is 2.52. The zero-order valence-corrected chi connectivity index (χ0v) is 8.62. The Hall–Kier alpha value is -0.610. The molecule has 4 heteroatoms. The first-order valence-electron chi connectivity index (χ1n) is 5.05. The predicted octanol–water partition coefficient (Wildman–Crippen LogP) is 0.949. The van der Waals surface area contributed by atoms with Gasteiger partial charge in [0.15, 0.2) is 5.79 Å². The van der Waals surface area contributed by atoms with E-state index in [0.717, 1.165) is 12.8 Å². The highest BCUT2D eigenvalue weighted by Crippen LogP contribution is 2.46. The van der Waals surface area contributed by atoms with Crippen LogP contribution in [-0.4, -0.2) is 32.1 Å². The zero-order chi connectivity index (χ0) is 10.2. The molecule has 1 saturated heterocycles. The van der Waals surface area contributed by atoms with Gasteiger partial charge in [0, 0.05) is 6.42 Å². The smallest absolute Gasteiger partial charge is 0.314 e. The van der Waals surface area contributed by atoms with Gasteiger partial charge in [0.1, 0.15) is 5.92 Å².